The second-order valence-corrected chi connectivity index (χ2v) is 9.11. The molecule has 0 bridgehead atoms. The molecule has 0 aromatic heterocycles. The van der Waals surface area contributed by atoms with Crippen LogP contribution >= 0.6 is 0 Å². The highest BCUT2D eigenvalue weighted by molar-refractivity contribution is 5.97. The normalized spacial score (nSPS) is 18.4. The average molecular weight is 424 g/mol. The Morgan fingerprint density at radius 2 is 1.58 bits per heavy atom. The summed E-state index contributed by atoms with van der Waals surface area (Å²) in [6.45, 7) is 5.52. The second-order valence-electron chi connectivity index (χ2n) is 9.11. The minimum absolute atomic E-state index is 0.102. The van der Waals surface area contributed by atoms with Crippen molar-refractivity contribution in [2.45, 2.75) is 39.7 Å². The fourth-order valence-electron chi connectivity index (χ4n) is 4.31. The molecule has 1 fully saturated rings. The lowest BCUT2D eigenvalue weighted by Crippen LogP contribution is -2.49. The molecule has 0 spiro atoms. The molecule has 0 radical (unpaired) electrons. The van der Waals surface area contributed by atoms with Gasteiger partial charge in [-0.25, -0.2) is 9.69 Å². The summed E-state index contributed by atoms with van der Waals surface area (Å²) < 4.78 is 5.22. The predicted octanol–water partition coefficient (Wildman–Crippen LogP) is 4.18. The van der Waals surface area contributed by atoms with E-state index in [-0.39, 0.29) is 13.0 Å². The summed E-state index contributed by atoms with van der Waals surface area (Å²) in [5.74, 6) is -3.40. The van der Waals surface area contributed by atoms with Gasteiger partial charge in [0.05, 0.1) is 17.9 Å². The largest absolute Gasteiger partial charge is 0.481 e. The Morgan fingerprint density at radius 1 is 1.03 bits per heavy atom. The van der Waals surface area contributed by atoms with E-state index in [1.807, 2.05) is 60.7 Å². The van der Waals surface area contributed by atoms with Crippen LogP contribution < -0.4 is 0 Å². The third-order valence-corrected chi connectivity index (χ3v) is 5.73. The van der Waals surface area contributed by atoms with Gasteiger partial charge in [0.25, 0.3) is 0 Å². The van der Waals surface area contributed by atoms with Gasteiger partial charge in [-0.1, -0.05) is 81.4 Å². The van der Waals surface area contributed by atoms with E-state index >= 15 is 0 Å². The first-order valence-corrected chi connectivity index (χ1v) is 10.5. The van der Waals surface area contributed by atoms with E-state index in [0.29, 0.717) is 6.42 Å². The third kappa shape index (κ3) is 5.32. The summed E-state index contributed by atoms with van der Waals surface area (Å²) in [4.78, 5) is 39.7. The molecule has 2 aromatic rings. The average Bonchev–Trinajstić information content (AvgIpc) is 3.07. The van der Waals surface area contributed by atoms with Crippen molar-refractivity contribution in [2.75, 3.05) is 6.61 Å². The molecule has 0 aliphatic carbocycles. The lowest BCUT2D eigenvalue weighted by molar-refractivity contribution is -0.154. The molecule has 3 atom stereocenters. The SMILES string of the molecule is CC(C)(C)[C@H](C(=O)O)C(Cc1ccccc1)C(=O)N1C(=O)OC[C@@H]1Cc1ccccc1. The first-order chi connectivity index (χ1) is 14.7. The predicted molar refractivity (Wildman–Crippen MR) is 116 cm³/mol. The van der Waals surface area contributed by atoms with E-state index < -0.39 is 41.3 Å². The number of rotatable bonds is 7. The summed E-state index contributed by atoms with van der Waals surface area (Å²) in [7, 11) is 0. The van der Waals surface area contributed by atoms with E-state index in [9.17, 15) is 19.5 Å². The van der Waals surface area contributed by atoms with Gasteiger partial charge in [0, 0.05) is 0 Å². The Kier molecular flexibility index (Phi) is 6.78. The monoisotopic (exact) mass is 423 g/mol. The number of carbonyl (C=O) groups is 3. The van der Waals surface area contributed by atoms with Crippen LogP contribution in [0.5, 0.6) is 0 Å². The highest BCUT2D eigenvalue weighted by Crippen LogP contribution is 2.36. The van der Waals surface area contributed by atoms with Crippen LogP contribution in [0, 0.1) is 17.3 Å². The van der Waals surface area contributed by atoms with Crippen molar-refractivity contribution in [3.05, 3.63) is 71.8 Å². The van der Waals surface area contributed by atoms with Crippen molar-refractivity contribution in [1.82, 2.24) is 4.90 Å². The molecule has 2 amide bonds. The number of benzene rings is 2. The number of imide groups is 1. The molecule has 1 unspecified atom stereocenters. The van der Waals surface area contributed by atoms with Gasteiger partial charge in [-0.15, -0.1) is 0 Å². The minimum Gasteiger partial charge on any atom is -0.481 e. The Labute approximate surface area is 182 Å². The summed E-state index contributed by atoms with van der Waals surface area (Å²) in [5, 5.41) is 10.0. The molecule has 1 heterocycles. The zero-order chi connectivity index (χ0) is 22.6. The van der Waals surface area contributed by atoms with Gasteiger partial charge in [-0.05, 0) is 29.4 Å². The van der Waals surface area contributed by atoms with Crippen LogP contribution in [0.15, 0.2) is 60.7 Å². The Bertz CT molecular complexity index is 920. The topological polar surface area (TPSA) is 83.9 Å². The maximum absolute atomic E-state index is 13.7. The molecule has 3 rings (SSSR count). The molecule has 164 valence electrons. The molecule has 1 N–H and O–H groups in total. The molecule has 31 heavy (non-hydrogen) atoms. The van der Waals surface area contributed by atoms with Crippen LogP contribution in [0.4, 0.5) is 4.79 Å². The molecule has 1 aliphatic heterocycles. The fraction of sp³-hybridized carbons (Fsp3) is 0.400. The first kappa shape index (κ1) is 22.5. The van der Waals surface area contributed by atoms with Crippen LogP contribution in [0.25, 0.3) is 0 Å². The molecule has 2 aromatic carbocycles. The van der Waals surface area contributed by atoms with Crippen molar-refractivity contribution >= 4 is 18.0 Å². The minimum atomic E-state index is -1.05. The number of cyclic esters (lactones) is 1. The molecular formula is C25H29NO5. The van der Waals surface area contributed by atoms with Crippen LogP contribution in [0.1, 0.15) is 31.9 Å². The number of amides is 2. The molecule has 6 heteroatoms. The van der Waals surface area contributed by atoms with Gasteiger partial charge < -0.3 is 9.84 Å². The zero-order valence-corrected chi connectivity index (χ0v) is 18.2. The van der Waals surface area contributed by atoms with Crippen LogP contribution in [0.3, 0.4) is 0 Å². The van der Waals surface area contributed by atoms with E-state index in [2.05, 4.69) is 0 Å². The summed E-state index contributed by atoms with van der Waals surface area (Å²) >= 11 is 0. The van der Waals surface area contributed by atoms with E-state index in [4.69, 9.17) is 4.74 Å². The number of nitrogens with zero attached hydrogens (tertiary/aromatic N) is 1. The smallest absolute Gasteiger partial charge is 0.416 e. The Hall–Kier alpha value is -3.15. The number of carbonyl (C=O) groups excluding carboxylic acids is 2. The molecule has 0 saturated carbocycles. The van der Waals surface area contributed by atoms with Crippen molar-refractivity contribution in [2.24, 2.45) is 17.3 Å². The standard InChI is InChI=1S/C25H29NO5/c1-25(2,3)21(23(28)29)20(15-18-12-8-5-9-13-18)22(27)26-19(16-31-24(26)30)14-17-10-6-4-7-11-17/h4-13,19-21H,14-16H2,1-3H3,(H,28,29)/t19-,20?,21-/m0/s1. The summed E-state index contributed by atoms with van der Waals surface area (Å²) in [5.41, 5.74) is 1.15. The van der Waals surface area contributed by atoms with Gasteiger partial charge in [-0.3, -0.25) is 9.59 Å². The lowest BCUT2D eigenvalue weighted by atomic mass is 9.70. The summed E-state index contributed by atoms with van der Waals surface area (Å²) in [6, 6.07) is 18.4. The number of carboxylic acid groups (broad SMARTS) is 1. The van der Waals surface area contributed by atoms with Crippen LogP contribution in [-0.2, 0) is 27.2 Å². The third-order valence-electron chi connectivity index (χ3n) is 5.73. The van der Waals surface area contributed by atoms with Crippen molar-refractivity contribution in [1.29, 1.82) is 0 Å². The van der Waals surface area contributed by atoms with Gasteiger partial charge in [0.15, 0.2) is 0 Å². The molecular weight excluding hydrogens is 394 g/mol. The van der Waals surface area contributed by atoms with Crippen molar-refractivity contribution < 1.29 is 24.2 Å². The number of ether oxygens (including phenoxy) is 1. The maximum Gasteiger partial charge on any atom is 0.416 e. The van der Waals surface area contributed by atoms with E-state index in [1.165, 1.54) is 0 Å². The van der Waals surface area contributed by atoms with Gasteiger partial charge in [0.2, 0.25) is 5.91 Å². The highest BCUT2D eigenvalue weighted by Gasteiger charge is 2.48. The summed E-state index contributed by atoms with van der Waals surface area (Å²) in [6.07, 6.45) is -0.0126. The Balaban J connectivity index is 1.95. The van der Waals surface area contributed by atoms with Gasteiger partial charge >= 0.3 is 12.1 Å². The van der Waals surface area contributed by atoms with Gasteiger partial charge in [-0.2, -0.15) is 0 Å². The molecule has 6 nitrogen and oxygen atoms in total. The van der Waals surface area contributed by atoms with E-state index in [0.717, 1.165) is 16.0 Å². The molecule has 1 saturated heterocycles. The number of hydrogen-bond donors (Lipinski definition) is 1. The second kappa shape index (κ2) is 9.33. The van der Waals surface area contributed by atoms with E-state index in [1.54, 1.807) is 20.8 Å². The lowest BCUT2D eigenvalue weighted by Gasteiger charge is -2.35. The van der Waals surface area contributed by atoms with Crippen LogP contribution in [-0.4, -0.2) is 40.6 Å². The highest BCUT2D eigenvalue weighted by atomic mass is 16.6. The number of carboxylic acids is 1. The number of aliphatic carboxylic acids is 1. The van der Waals surface area contributed by atoms with Crippen molar-refractivity contribution in [3.63, 3.8) is 0 Å². The maximum atomic E-state index is 13.7. The Morgan fingerprint density at radius 3 is 2.10 bits per heavy atom. The van der Waals surface area contributed by atoms with Gasteiger partial charge in [0.1, 0.15) is 6.61 Å². The molecule has 1 aliphatic rings. The number of hydrogen-bond acceptors (Lipinski definition) is 4. The quantitative estimate of drug-likeness (QED) is 0.722. The fourth-order valence-corrected chi connectivity index (χ4v) is 4.31. The zero-order valence-electron chi connectivity index (χ0n) is 18.2. The van der Waals surface area contributed by atoms with Crippen molar-refractivity contribution in [3.8, 4) is 0 Å². The van der Waals surface area contributed by atoms with Crippen LogP contribution in [0.2, 0.25) is 0 Å². The first-order valence-electron chi connectivity index (χ1n) is 10.5.